The summed E-state index contributed by atoms with van der Waals surface area (Å²) >= 11 is 0. The molecule has 146 valence electrons. The molecule has 4 aromatic rings. The molecule has 2 N–H and O–H groups in total. The van der Waals surface area contributed by atoms with Gasteiger partial charge >= 0.3 is 0 Å². The maximum Gasteiger partial charge on any atom is 0.229 e. The zero-order chi connectivity index (χ0) is 20.2. The Balaban J connectivity index is 1.59. The van der Waals surface area contributed by atoms with Gasteiger partial charge in [-0.3, -0.25) is 4.98 Å². The van der Waals surface area contributed by atoms with Crippen molar-refractivity contribution in [2.24, 2.45) is 7.05 Å². The number of benzene rings is 1. The summed E-state index contributed by atoms with van der Waals surface area (Å²) in [5, 5.41) is 11.3. The Morgan fingerprint density at radius 1 is 1.14 bits per heavy atom. The molecule has 0 spiro atoms. The van der Waals surface area contributed by atoms with Crippen molar-refractivity contribution in [2.75, 3.05) is 5.32 Å². The number of aryl methyl sites for hydroxylation is 1. The second-order valence-corrected chi connectivity index (χ2v) is 6.99. The minimum Gasteiger partial charge on any atom is -0.324 e. The largest absolute Gasteiger partial charge is 0.324 e. The molecule has 1 aromatic carbocycles. The van der Waals surface area contributed by atoms with Gasteiger partial charge in [-0.15, -0.1) is 0 Å². The summed E-state index contributed by atoms with van der Waals surface area (Å²) < 4.78 is 1.96. The van der Waals surface area contributed by atoms with Crippen LogP contribution in [0.25, 0.3) is 22.6 Å². The predicted octanol–water partition coefficient (Wildman–Crippen LogP) is 4.53. The smallest absolute Gasteiger partial charge is 0.229 e. The molecule has 7 nitrogen and oxygen atoms in total. The van der Waals surface area contributed by atoms with Gasteiger partial charge in [0.25, 0.3) is 0 Å². The van der Waals surface area contributed by atoms with Gasteiger partial charge in [-0.25, -0.2) is 9.97 Å². The number of imidazole rings is 1. The molecular formula is C22H23N7. The van der Waals surface area contributed by atoms with Crippen LogP contribution in [-0.4, -0.2) is 30.2 Å². The molecule has 4 rings (SSSR count). The molecule has 29 heavy (non-hydrogen) atoms. The highest BCUT2D eigenvalue weighted by molar-refractivity contribution is 5.84. The van der Waals surface area contributed by atoms with E-state index in [1.54, 1.807) is 18.6 Å². The van der Waals surface area contributed by atoms with E-state index in [9.17, 15) is 0 Å². The van der Waals surface area contributed by atoms with Crippen LogP contribution in [0.3, 0.4) is 0 Å². The molecule has 0 fully saturated rings. The molecule has 0 radical (unpaired) electrons. The molecule has 0 bridgehead atoms. The highest BCUT2D eigenvalue weighted by Gasteiger charge is 2.12. The molecule has 0 aliphatic carbocycles. The number of aromatic nitrogens is 5. The van der Waals surface area contributed by atoms with Crippen molar-refractivity contribution in [3.63, 3.8) is 0 Å². The summed E-state index contributed by atoms with van der Waals surface area (Å²) in [6, 6.07) is 11.9. The van der Waals surface area contributed by atoms with Crippen LogP contribution in [0.2, 0.25) is 0 Å². The fourth-order valence-electron chi connectivity index (χ4n) is 3.33. The summed E-state index contributed by atoms with van der Waals surface area (Å²) in [7, 11) is 1.95. The number of pyridine rings is 1. The Hall–Kier alpha value is -3.61. The molecule has 0 saturated heterocycles. The molecule has 0 saturated carbocycles. The first-order chi connectivity index (χ1) is 14.1. The first-order valence-electron chi connectivity index (χ1n) is 9.66. The number of nitrogens with one attached hydrogen (secondary N) is 2. The van der Waals surface area contributed by atoms with Crippen LogP contribution in [0.4, 0.5) is 11.6 Å². The zero-order valence-electron chi connectivity index (χ0n) is 16.6. The second-order valence-electron chi connectivity index (χ2n) is 6.99. The average Bonchev–Trinajstić information content (AvgIpc) is 3.05. The summed E-state index contributed by atoms with van der Waals surface area (Å²) in [6.45, 7) is 2.10. The third kappa shape index (κ3) is 4.13. The number of fused-ring (bicyclic) bond motifs is 1. The highest BCUT2D eigenvalue weighted by atomic mass is 15.2. The summed E-state index contributed by atoms with van der Waals surface area (Å²) in [5.74, 6) is 1.34. The molecule has 7 heteroatoms. The molecule has 0 atom stereocenters. The van der Waals surface area contributed by atoms with E-state index in [0.717, 1.165) is 52.4 Å². The molecular weight excluding hydrogens is 362 g/mol. The Bertz CT molecular complexity index is 1150. The Kier molecular flexibility index (Phi) is 5.29. The van der Waals surface area contributed by atoms with Gasteiger partial charge in [0, 0.05) is 42.8 Å². The topological polar surface area (TPSA) is 92.4 Å². The van der Waals surface area contributed by atoms with E-state index in [1.807, 2.05) is 48.0 Å². The molecule has 3 aromatic heterocycles. The van der Waals surface area contributed by atoms with Crippen molar-refractivity contribution in [3.8, 4) is 11.4 Å². The van der Waals surface area contributed by atoms with E-state index in [4.69, 9.17) is 5.41 Å². The van der Waals surface area contributed by atoms with Gasteiger partial charge in [-0.1, -0.05) is 25.5 Å². The van der Waals surface area contributed by atoms with Crippen LogP contribution in [0.1, 0.15) is 25.3 Å². The number of nitrogens with zero attached hydrogens (tertiary/aromatic N) is 5. The van der Waals surface area contributed by atoms with E-state index >= 15 is 0 Å². The summed E-state index contributed by atoms with van der Waals surface area (Å²) in [6.07, 6.45) is 7.73. The van der Waals surface area contributed by atoms with Crippen LogP contribution >= 0.6 is 0 Å². The lowest BCUT2D eigenvalue weighted by atomic mass is 10.0. The quantitative estimate of drug-likeness (QED) is 0.456. The zero-order valence-corrected chi connectivity index (χ0v) is 16.6. The lowest BCUT2D eigenvalue weighted by Gasteiger charge is -2.08. The van der Waals surface area contributed by atoms with E-state index in [-0.39, 0.29) is 0 Å². The number of anilines is 2. The monoisotopic (exact) mass is 385 g/mol. The SMILES string of the molecule is CCCC(=N)Cc1cccc(Nc2ncc3nc(-c4ccncc4)n(C)c3n2)c1. The summed E-state index contributed by atoms with van der Waals surface area (Å²) in [4.78, 5) is 17.8. The van der Waals surface area contributed by atoms with Gasteiger partial charge in [-0.2, -0.15) is 4.98 Å². The van der Waals surface area contributed by atoms with Gasteiger partial charge in [0.1, 0.15) is 11.3 Å². The van der Waals surface area contributed by atoms with Crippen molar-refractivity contribution in [3.05, 3.63) is 60.6 Å². The van der Waals surface area contributed by atoms with Gasteiger partial charge in [0.2, 0.25) is 5.95 Å². The van der Waals surface area contributed by atoms with Gasteiger partial charge in [0.05, 0.1) is 6.20 Å². The van der Waals surface area contributed by atoms with Crippen molar-refractivity contribution < 1.29 is 0 Å². The molecule has 0 unspecified atom stereocenters. The number of rotatable bonds is 7. The van der Waals surface area contributed by atoms with E-state index in [2.05, 4.69) is 32.2 Å². The second kappa shape index (κ2) is 8.18. The van der Waals surface area contributed by atoms with Crippen molar-refractivity contribution >= 4 is 28.5 Å². The van der Waals surface area contributed by atoms with Crippen LogP contribution in [0.5, 0.6) is 0 Å². The van der Waals surface area contributed by atoms with Crippen LogP contribution in [-0.2, 0) is 13.5 Å². The summed E-state index contributed by atoms with van der Waals surface area (Å²) in [5.41, 5.74) is 5.25. The fraction of sp³-hybridized carbons (Fsp3) is 0.227. The fourth-order valence-corrected chi connectivity index (χ4v) is 3.33. The first kappa shape index (κ1) is 18.7. The van der Waals surface area contributed by atoms with Gasteiger partial charge in [-0.05, 0) is 36.2 Å². The molecule has 3 heterocycles. The Morgan fingerprint density at radius 3 is 2.76 bits per heavy atom. The molecule has 0 amide bonds. The minimum absolute atomic E-state index is 0.516. The van der Waals surface area contributed by atoms with Crippen LogP contribution in [0, 0.1) is 5.41 Å². The third-order valence-electron chi connectivity index (χ3n) is 4.70. The molecule has 0 aliphatic rings. The van der Waals surface area contributed by atoms with Crippen LogP contribution < -0.4 is 5.32 Å². The van der Waals surface area contributed by atoms with Gasteiger partial charge in [0.15, 0.2) is 5.65 Å². The predicted molar refractivity (Wildman–Crippen MR) is 116 cm³/mol. The van der Waals surface area contributed by atoms with Crippen molar-refractivity contribution in [1.29, 1.82) is 5.41 Å². The van der Waals surface area contributed by atoms with Crippen LogP contribution in [0.15, 0.2) is 55.0 Å². The normalized spacial score (nSPS) is 11.0. The maximum atomic E-state index is 8.05. The number of hydrogen-bond acceptors (Lipinski definition) is 6. The van der Waals surface area contributed by atoms with Crippen molar-refractivity contribution in [2.45, 2.75) is 26.2 Å². The number of hydrogen-bond donors (Lipinski definition) is 2. The Morgan fingerprint density at radius 2 is 1.97 bits per heavy atom. The lowest BCUT2D eigenvalue weighted by molar-refractivity contribution is 0.939. The standard InChI is InChI=1S/C22H23N7/c1-3-5-17(23)12-15-6-4-7-18(13-15)26-22-25-14-19-21(28-22)29(2)20(27-19)16-8-10-24-11-9-16/h4,6-11,13-14,23H,3,5,12H2,1-2H3,(H,25,26,28). The third-order valence-corrected chi connectivity index (χ3v) is 4.70. The highest BCUT2D eigenvalue weighted by Crippen LogP contribution is 2.23. The first-order valence-corrected chi connectivity index (χ1v) is 9.66. The van der Waals surface area contributed by atoms with Crippen molar-refractivity contribution in [1.82, 2.24) is 24.5 Å². The average molecular weight is 385 g/mol. The van der Waals surface area contributed by atoms with E-state index in [0.29, 0.717) is 12.4 Å². The minimum atomic E-state index is 0.516. The van der Waals surface area contributed by atoms with Gasteiger partial charge < -0.3 is 15.3 Å². The maximum absolute atomic E-state index is 8.05. The Labute approximate surface area is 169 Å². The van der Waals surface area contributed by atoms with E-state index in [1.165, 1.54) is 0 Å². The van der Waals surface area contributed by atoms with E-state index < -0.39 is 0 Å². The molecule has 0 aliphatic heterocycles. The lowest BCUT2D eigenvalue weighted by Crippen LogP contribution is -2.02.